The maximum atomic E-state index is 5.96. The van der Waals surface area contributed by atoms with Gasteiger partial charge in [0.25, 0.3) is 0 Å². The first-order valence-corrected chi connectivity index (χ1v) is 7.34. The van der Waals surface area contributed by atoms with Gasteiger partial charge in [0, 0.05) is 18.3 Å². The van der Waals surface area contributed by atoms with Crippen molar-refractivity contribution in [2.24, 2.45) is 5.73 Å². The predicted octanol–water partition coefficient (Wildman–Crippen LogP) is 2.54. The van der Waals surface area contributed by atoms with E-state index in [1.54, 1.807) is 0 Å². The first kappa shape index (κ1) is 13.2. The van der Waals surface area contributed by atoms with Crippen molar-refractivity contribution in [2.45, 2.75) is 13.5 Å². The molecule has 0 unspecified atom stereocenters. The number of nitrogens with two attached hydrogens (primary N) is 1. The van der Waals surface area contributed by atoms with Crippen molar-refractivity contribution < 1.29 is 9.47 Å². The van der Waals surface area contributed by atoms with Gasteiger partial charge < -0.3 is 19.6 Å². The normalized spacial score (nSPS) is 13.5. The number of benzene rings is 1. The number of hydrogen-bond donors (Lipinski definition) is 1. The smallest absolute Gasteiger partial charge is 0.162 e. The third-order valence-electron chi connectivity index (χ3n) is 3.89. The van der Waals surface area contributed by atoms with E-state index in [0.717, 1.165) is 34.1 Å². The molecular weight excluding hydrogens is 278 g/mol. The standard InChI is InChI=1S/C17H17N3O2/c1-11-4-5-20-13(10-18)17(19-16(20)8-11)12-2-3-14-15(9-12)22-7-6-21-14/h2-5,8-9H,6-7,10,18H2,1H3. The lowest BCUT2D eigenvalue weighted by molar-refractivity contribution is 0.171. The molecule has 2 aromatic heterocycles. The molecule has 1 aromatic carbocycles. The fourth-order valence-corrected chi connectivity index (χ4v) is 2.81. The summed E-state index contributed by atoms with van der Waals surface area (Å²) in [6, 6.07) is 10.0. The largest absolute Gasteiger partial charge is 0.486 e. The summed E-state index contributed by atoms with van der Waals surface area (Å²) in [4.78, 5) is 4.75. The van der Waals surface area contributed by atoms with Gasteiger partial charge in [0.2, 0.25) is 0 Å². The van der Waals surface area contributed by atoms with Crippen LogP contribution >= 0.6 is 0 Å². The zero-order valence-corrected chi connectivity index (χ0v) is 12.4. The van der Waals surface area contributed by atoms with E-state index < -0.39 is 0 Å². The van der Waals surface area contributed by atoms with Gasteiger partial charge >= 0.3 is 0 Å². The molecule has 1 aliphatic rings. The van der Waals surface area contributed by atoms with Gasteiger partial charge in [0.05, 0.1) is 11.4 Å². The van der Waals surface area contributed by atoms with Crippen LogP contribution in [0.2, 0.25) is 0 Å². The highest BCUT2D eigenvalue weighted by atomic mass is 16.6. The van der Waals surface area contributed by atoms with Crippen molar-refractivity contribution in [1.82, 2.24) is 9.38 Å². The molecule has 112 valence electrons. The monoisotopic (exact) mass is 295 g/mol. The van der Waals surface area contributed by atoms with E-state index in [0.29, 0.717) is 19.8 Å². The van der Waals surface area contributed by atoms with Gasteiger partial charge in [-0.2, -0.15) is 0 Å². The molecule has 3 heterocycles. The minimum absolute atomic E-state index is 0.425. The second-order valence-electron chi connectivity index (χ2n) is 5.40. The third kappa shape index (κ3) is 2.02. The molecule has 0 atom stereocenters. The second kappa shape index (κ2) is 5.03. The molecule has 0 radical (unpaired) electrons. The minimum Gasteiger partial charge on any atom is -0.486 e. The average molecular weight is 295 g/mol. The highest BCUT2D eigenvalue weighted by molar-refractivity contribution is 5.69. The summed E-state index contributed by atoms with van der Waals surface area (Å²) < 4.78 is 13.3. The van der Waals surface area contributed by atoms with Crippen LogP contribution in [0.25, 0.3) is 16.9 Å². The van der Waals surface area contributed by atoms with Crippen LogP contribution in [0.15, 0.2) is 36.5 Å². The maximum absolute atomic E-state index is 5.96. The number of nitrogens with zero attached hydrogens (tertiary/aromatic N) is 2. The Labute approximate surface area is 128 Å². The molecule has 0 saturated carbocycles. The number of fused-ring (bicyclic) bond motifs is 2. The molecule has 22 heavy (non-hydrogen) atoms. The summed E-state index contributed by atoms with van der Waals surface area (Å²) in [5.41, 5.74) is 10.9. The maximum Gasteiger partial charge on any atom is 0.162 e. The molecule has 0 bridgehead atoms. The quantitative estimate of drug-likeness (QED) is 0.789. The Hall–Kier alpha value is -2.53. The minimum atomic E-state index is 0.425. The van der Waals surface area contributed by atoms with Crippen LogP contribution < -0.4 is 15.2 Å². The summed E-state index contributed by atoms with van der Waals surface area (Å²) in [5, 5.41) is 0. The second-order valence-corrected chi connectivity index (χ2v) is 5.40. The highest BCUT2D eigenvalue weighted by Crippen LogP contribution is 2.35. The van der Waals surface area contributed by atoms with Gasteiger partial charge in [0.1, 0.15) is 18.9 Å². The fourth-order valence-electron chi connectivity index (χ4n) is 2.81. The molecule has 4 rings (SSSR count). The number of pyridine rings is 1. The Morgan fingerprint density at radius 2 is 1.95 bits per heavy atom. The van der Waals surface area contributed by atoms with Crippen LogP contribution in [0, 0.1) is 6.92 Å². The van der Waals surface area contributed by atoms with Crippen molar-refractivity contribution in [3.8, 4) is 22.8 Å². The van der Waals surface area contributed by atoms with E-state index >= 15 is 0 Å². The van der Waals surface area contributed by atoms with Crippen molar-refractivity contribution in [1.29, 1.82) is 0 Å². The Bertz CT molecular complexity index is 854. The predicted molar refractivity (Wildman–Crippen MR) is 84.2 cm³/mol. The number of imidazole rings is 1. The van der Waals surface area contributed by atoms with Crippen molar-refractivity contribution in [3.05, 3.63) is 47.8 Å². The number of ether oxygens (including phenoxy) is 2. The Kier molecular flexibility index (Phi) is 3.01. The van der Waals surface area contributed by atoms with Crippen LogP contribution in [0.4, 0.5) is 0 Å². The number of rotatable bonds is 2. The van der Waals surface area contributed by atoms with Gasteiger partial charge in [-0.05, 0) is 42.8 Å². The van der Waals surface area contributed by atoms with E-state index in [4.69, 9.17) is 20.2 Å². The van der Waals surface area contributed by atoms with E-state index in [1.807, 2.05) is 28.8 Å². The van der Waals surface area contributed by atoms with Gasteiger partial charge in [-0.3, -0.25) is 0 Å². The molecule has 5 nitrogen and oxygen atoms in total. The highest BCUT2D eigenvalue weighted by Gasteiger charge is 2.17. The zero-order chi connectivity index (χ0) is 15.1. The summed E-state index contributed by atoms with van der Waals surface area (Å²) in [6.07, 6.45) is 2.02. The first-order chi connectivity index (χ1) is 10.8. The van der Waals surface area contributed by atoms with Crippen LogP contribution in [-0.2, 0) is 6.54 Å². The Morgan fingerprint density at radius 1 is 1.14 bits per heavy atom. The molecular formula is C17H17N3O2. The zero-order valence-electron chi connectivity index (χ0n) is 12.4. The van der Waals surface area contributed by atoms with E-state index in [-0.39, 0.29) is 0 Å². The molecule has 0 saturated heterocycles. The van der Waals surface area contributed by atoms with E-state index in [9.17, 15) is 0 Å². The topological polar surface area (TPSA) is 61.8 Å². The van der Waals surface area contributed by atoms with Crippen LogP contribution in [-0.4, -0.2) is 22.6 Å². The number of hydrogen-bond acceptors (Lipinski definition) is 4. The molecule has 0 amide bonds. The lowest BCUT2D eigenvalue weighted by atomic mass is 10.1. The molecule has 0 spiro atoms. The van der Waals surface area contributed by atoms with Gasteiger partial charge in [-0.15, -0.1) is 0 Å². The lowest BCUT2D eigenvalue weighted by Crippen LogP contribution is -2.15. The molecule has 2 N–H and O–H groups in total. The SMILES string of the molecule is Cc1ccn2c(CN)c(-c3ccc4c(c3)OCCO4)nc2c1. The molecule has 5 heteroatoms. The lowest BCUT2D eigenvalue weighted by Gasteiger charge is -2.18. The van der Waals surface area contributed by atoms with Gasteiger partial charge in [-0.25, -0.2) is 4.98 Å². The van der Waals surface area contributed by atoms with E-state index in [1.165, 1.54) is 5.56 Å². The Balaban J connectivity index is 1.90. The molecule has 0 aliphatic carbocycles. The summed E-state index contributed by atoms with van der Waals surface area (Å²) in [5.74, 6) is 1.55. The van der Waals surface area contributed by atoms with Crippen molar-refractivity contribution in [2.75, 3.05) is 13.2 Å². The van der Waals surface area contributed by atoms with Crippen molar-refractivity contribution >= 4 is 5.65 Å². The molecule has 1 aliphatic heterocycles. The number of aryl methyl sites for hydroxylation is 1. The summed E-state index contributed by atoms with van der Waals surface area (Å²) >= 11 is 0. The van der Waals surface area contributed by atoms with Gasteiger partial charge in [-0.1, -0.05) is 0 Å². The third-order valence-corrected chi connectivity index (χ3v) is 3.89. The fraction of sp³-hybridized carbons (Fsp3) is 0.235. The van der Waals surface area contributed by atoms with Gasteiger partial charge in [0.15, 0.2) is 11.5 Å². The van der Waals surface area contributed by atoms with E-state index in [2.05, 4.69) is 19.1 Å². The number of aromatic nitrogens is 2. The van der Waals surface area contributed by atoms with Crippen LogP contribution in [0.5, 0.6) is 11.5 Å². The van der Waals surface area contributed by atoms with Crippen molar-refractivity contribution in [3.63, 3.8) is 0 Å². The summed E-state index contributed by atoms with van der Waals surface area (Å²) in [7, 11) is 0. The Morgan fingerprint density at radius 3 is 2.77 bits per heavy atom. The average Bonchev–Trinajstić information content (AvgIpc) is 2.91. The molecule has 3 aromatic rings. The van der Waals surface area contributed by atoms with Crippen LogP contribution in [0.1, 0.15) is 11.3 Å². The summed E-state index contributed by atoms with van der Waals surface area (Å²) in [6.45, 7) is 3.65. The molecule has 0 fully saturated rings. The van der Waals surface area contributed by atoms with Crippen LogP contribution in [0.3, 0.4) is 0 Å². The first-order valence-electron chi connectivity index (χ1n) is 7.34.